The Morgan fingerprint density at radius 1 is 1.56 bits per heavy atom. The van der Waals surface area contributed by atoms with Crippen molar-refractivity contribution in [2.24, 2.45) is 0 Å². The topological polar surface area (TPSA) is 46.5 Å². The summed E-state index contributed by atoms with van der Waals surface area (Å²) in [4.78, 5) is 11.9. The molecule has 0 spiro atoms. The van der Waals surface area contributed by atoms with E-state index < -0.39 is 6.10 Å². The van der Waals surface area contributed by atoms with Crippen LogP contribution >= 0.6 is 11.6 Å². The van der Waals surface area contributed by atoms with Crippen molar-refractivity contribution in [3.63, 3.8) is 0 Å². The van der Waals surface area contributed by atoms with Crippen LogP contribution in [0.4, 0.5) is 0 Å². The molecule has 0 bridgehead atoms. The number of carbonyl (C=O) groups excluding carboxylic acids is 1. The van der Waals surface area contributed by atoms with Gasteiger partial charge < -0.3 is 9.84 Å². The van der Waals surface area contributed by atoms with Gasteiger partial charge in [0.15, 0.2) is 5.78 Å². The number of rotatable bonds is 5. The number of aliphatic hydroxyl groups is 1. The Morgan fingerprint density at radius 3 is 2.81 bits per heavy atom. The van der Waals surface area contributed by atoms with E-state index in [1.807, 2.05) is 6.92 Å². The molecule has 0 heterocycles. The second-order valence-corrected chi connectivity index (χ2v) is 3.95. The second-order valence-electron chi connectivity index (χ2n) is 3.51. The monoisotopic (exact) mass is 242 g/mol. The maximum atomic E-state index is 11.9. The molecule has 16 heavy (non-hydrogen) atoms. The summed E-state index contributed by atoms with van der Waals surface area (Å²) in [7, 11) is 1.48. The molecule has 4 heteroatoms. The van der Waals surface area contributed by atoms with Crippen LogP contribution in [0.15, 0.2) is 18.2 Å². The largest absolute Gasteiger partial charge is 0.496 e. The molecule has 3 nitrogen and oxygen atoms in total. The number of hydrogen-bond acceptors (Lipinski definition) is 3. The molecule has 1 atom stereocenters. The molecule has 1 unspecified atom stereocenters. The van der Waals surface area contributed by atoms with Crippen molar-refractivity contribution >= 4 is 17.4 Å². The summed E-state index contributed by atoms with van der Waals surface area (Å²) in [6.45, 7) is 1.91. The third kappa shape index (κ3) is 2.97. The first kappa shape index (κ1) is 13.0. The highest BCUT2D eigenvalue weighted by atomic mass is 35.5. The van der Waals surface area contributed by atoms with Crippen molar-refractivity contribution < 1.29 is 14.6 Å². The molecule has 0 amide bonds. The molecule has 0 aromatic heterocycles. The zero-order valence-corrected chi connectivity index (χ0v) is 10.1. The molecule has 1 aromatic carbocycles. The van der Waals surface area contributed by atoms with Crippen LogP contribution in [0.25, 0.3) is 0 Å². The third-order valence-corrected chi connectivity index (χ3v) is 2.53. The smallest absolute Gasteiger partial charge is 0.195 e. The minimum absolute atomic E-state index is 0.330. The molecular weight excluding hydrogens is 228 g/mol. The van der Waals surface area contributed by atoms with E-state index in [9.17, 15) is 9.90 Å². The predicted molar refractivity (Wildman–Crippen MR) is 63.2 cm³/mol. The summed E-state index contributed by atoms with van der Waals surface area (Å²) >= 11 is 5.81. The highest BCUT2D eigenvalue weighted by molar-refractivity contribution is 6.31. The molecule has 0 aliphatic rings. The molecular formula is C12H15ClO3. The summed E-state index contributed by atoms with van der Waals surface area (Å²) in [5, 5.41) is 10.1. The van der Waals surface area contributed by atoms with E-state index in [-0.39, 0.29) is 5.78 Å². The van der Waals surface area contributed by atoms with Gasteiger partial charge in [-0.3, -0.25) is 4.79 Å². The van der Waals surface area contributed by atoms with E-state index >= 15 is 0 Å². The number of benzene rings is 1. The SMILES string of the molecule is CCCC(O)C(=O)c1cc(Cl)ccc1OC. The van der Waals surface area contributed by atoms with Gasteiger partial charge in [-0.2, -0.15) is 0 Å². The van der Waals surface area contributed by atoms with Crippen molar-refractivity contribution in [2.45, 2.75) is 25.9 Å². The van der Waals surface area contributed by atoms with Crippen LogP contribution in [0, 0.1) is 0 Å². The minimum Gasteiger partial charge on any atom is -0.496 e. The number of aliphatic hydroxyl groups excluding tert-OH is 1. The number of hydrogen-bond donors (Lipinski definition) is 1. The highest BCUT2D eigenvalue weighted by Crippen LogP contribution is 2.24. The summed E-state index contributed by atoms with van der Waals surface area (Å²) in [6.07, 6.45) is 0.196. The maximum absolute atomic E-state index is 11.9. The fraction of sp³-hybridized carbons (Fsp3) is 0.417. The van der Waals surface area contributed by atoms with Crippen LogP contribution in [0.5, 0.6) is 5.75 Å². The number of ether oxygens (including phenoxy) is 1. The van der Waals surface area contributed by atoms with Gasteiger partial charge in [0.1, 0.15) is 11.9 Å². The number of methoxy groups -OCH3 is 1. The Labute approximate surface area is 100.0 Å². The van der Waals surface area contributed by atoms with Crippen molar-refractivity contribution in [3.05, 3.63) is 28.8 Å². The van der Waals surface area contributed by atoms with Crippen LogP contribution in [0.2, 0.25) is 5.02 Å². The Hall–Kier alpha value is -1.06. The van der Waals surface area contributed by atoms with E-state index in [2.05, 4.69) is 0 Å². The summed E-state index contributed by atoms with van der Waals surface area (Å²) < 4.78 is 5.06. The first-order chi connectivity index (χ1) is 7.60. The summed E-state index contributed by atoms with van der Waals surface area (Å²) in [5.74, 6) is 0.0887. The third-order valence-electron chi connectivity index (χ3n) is 2.29. The summed E-state index contributed by atoms with van der Waals surface area (Å²) in [5.41, 5.74) is 0.330. The predicted octanol–water partition coefficient (Wildman–Crippen LogP) is 2.69. The Morgan fingerprint density at radius 2 is 2.25 bits per heavy atom. The molecule has 1 rings (SSSR count). The Bertz CT molecular complexity index is 377. The fourth-order valence-electron chi connectivity index (χ4n) is 1.46. The summed E-state index contributed by atoms with van der Waals surface area (Å²) in [6, 6.07) is 4.78. The van der Waals surface area contributed by atoms with Crippen molar-refractivity contribution in [1.29, 1.82) is 0 Å². The molecule has 0 saturated heterocycles. The van der Waals surface area contributed by atoms with Gasteiger partial charge in [0, 0.05) is 5.02 Å². The van der Waals surface area contributed by atoms with Gasteiger partial charge in [-0.05, 0) is 24.6 Å². The molecule has 0 aliphatic carbocycles. The van der Waals surface area contributed by atoms with Gasteiger partial charge in [-0.1, -0.05) is 24.9 Å². The van der Waals surface area contributed by atoms with Gasteiger partial charge in [-0.25, -0.2) is 0 Å². The molecule has 1 N–H and O–H groups in total. The van der Waals surface area contributed by atoms with Gasteiger partial charge in [-0.15, -0.1) is 0 Å². The standard InChI is InChI=1S/C12H15ClO3/c1-3-4-10(14)12(15)9-7-8(13)5-6-11(9)16-2/h5-7,10,14H,3-4H2,1-2H3. The lowest BCUT2D eigenvalue weighted by molar-refractivity contribution is 0.0726. The van der Waals surface area contributed by atoms with Crippen LogP contribution in [0.1, 0.15) is 30.1 Å². The average Bonchev–Trinajstić information content (AvgIpc) is 2.28. The van der Waals surface area contributed by atoms with Crippen LogP contribution in [0.3, 0.4) is 0 Å². The van der Waals surface area contributed by atoms with E-state index in [0.29, 0.717) is 22.8 Å². The quantitative estimate of drug-likeness (QED) is 0.808. The molecule has 0 radical (unpaired) electrons. The van der Waals surface area contributed by atoms with Crippen molar-refractivity contribution in [1.82, 2.24) is 0 Å². The van der Waals surface area contributed by atoms with Gasteiger partial charge in [0.2, 0.25) is 0 Å². The number of carbonyl (C=O) groups is 1. The molecule has 88 valence electrons. The Kier molecular flexibility index (Phi) is 4.77. The van der Waals surface area contributed by atoms with Gasteiger partial charge >= 0.3 is 0 Å². The normalized spacial score (nSPS) is 12.2. The van der Waals surface area contributed by atoms with E-state index in [1.54, 1.807) is 12.1 Å². The second kappa shape index (κ2) is 5.87. The maximum Gasteiger partial charge on any atom is 0.195 e. The average molecular weight is 243 g/mol. The molecule has 0 saturated carbocycles. The fourth-order valence-corrected chi connectivity index (χ4v) is 1.63. The molecule has 0 fully saturated rings. The zero-order chi connectivity index (χ0) is 12.1. The number of Topliss-reactive ketones (excluding diaryl/α,β-unsaturated/α-hetero) is 1. The lowest BCUT2D eigenvalue weighted by atomic mass is 10.0. The van der Waals surface area contributed by atoms with Crippen molar-refractivity contribution in [2.75, 3.05) is 7.11 Å². The Balaban J connectivity index is 3.01. The zero-order valence-electron chi connectivity index (χ0n) is 9.37. The van der Waals surface area contributed by atoms with Crippen LogP contribution in [-0.2, 0) is 0 Å². The van der Waals surface area contributed by atoms with E-state index in [4.69, 9.17) is 16.3 Å². The van der Waals surface area contributed by atoms with Crippen LogP contribution in [-0.4, -0.2) is 24.1 Å². The lowest BCUT2D eigenvalue weighted by Crippen LogP contribution is -2.20. The van der Waals surface area contributed by atoms with E-state index in [0.717, 1.165) is 6.42 Å². The van der Waals surface area contributed by atoms with Gasteiger partial charge in [0.05, 0.1) is 12.7 Å². The molecule has 0 aliphatic heterocycles. The lowest BCUT2D eigenvalue weighted by Gasteiger charge is -2.11. The van der Waals surface area contributed by atoms with Crippen molar-refractivity contribution in [3.8, 4) is 5.75 Å². The molecule has 1 aromatic rings. The van der Waals surface area contributed by atoms with Crippen LogP contribution < -0.4 is 4.74 Å². The first-order valence-corrected chi connectivity index (χ1v) is 5.53. The number of halogens is 1. The van der Waals surface area contributed by atoms with Gasteiger partial charge in [0.25, 0.3) is 0 Å². The highest BCUT2D eigenvalue weighted by Gasteiger charge is 2.20. The van der Waals surface area contributed by atoms with E-state index in [1.165, 1.54) is 13.2 Å². The number of ketones is 1. The first-order valence-electron chi connectivity index (χ1n) is 5.16. The minimum atomic E-state index is -0.989.